The molecule has 0 aliphatic rings. The van der Waals surface area contributed by atoms with E-state index in [1.807, 2.05) is 13.8 Å². The Labute approximate surface area is 130 Å². The van der Waals surface area contributed by atoms with Gasteiger partial charge in [0.25, 0.3) is 5.91 Å². The van der Waals surface area contributed by atoms with Gasteiger partial charge in [0.15, 0.2) is 0 Å². The summed E-state index contributed by atoms with van der Waals surface area (Å²) in [6.45, 7) is 6.43. The molecule has 1 unspecified atom stereocenters. The Hall–Kier alpha value is -1.50. The highest BCUT2D eigenvalue weighted by Crippen LogP contribution is 2.11. The van der Waals surface area contributed by atoms with Gasteiger partial charge in [-0.1, -0.05) is 24.4 Å². The highest BCUT2D eigenvalue weighted by atomic mass is 32.1. The van der Waals surface area contributed by atoms with Crippen molar-refractivity contribution in [1.82, 2.24) is 0 Å². The lowest BCUT2D eigenvalue weighted by molar-refractivity contribution is -0.127. The summed E-state index contributed by atoms with van der Waals surface area (Å²) >= 11 is 4.90. The molecular formula is C15H22N2O3S. The number of thiocarbonyl (C=S) groups is 1. The van der Waals surface area contributed by atoms with Crippen molar-refractivity contribution < 1.29 is 14.3 Å². The third-order valence-corrected chi connectivity index (χ3v) is 2.92. The quantitative estimate of drug-likeness (QED) is 0.568. The molecule has 0 bridgehead atoms. The first-order valence-corrected chi connectivity index (χ1v) is 7.25. The number of anilines is 1. The highest BCUT2D eigenvalue weighted by molar-refractivity contribution is 7.80. The van der Waals surface area contributed by atoms with E-state index < -0.39 is 6.10 Å². The summed E-state index contributed by atoms with van der Waals surface area (Å²) in [7, 11) is 0. The van der Waals surface area contributed by atoms with Crippen LogP contribution >= 0.6 is 12.2 Å². The van der Waals surface area contributed by atoms with E-state index in [0.29, 0.717) is 29.5 Å². The van der Waals surface area contributed by atoms with Crippen LogP contribution < -0.4 is 11.1 Å². The molecular weight excluding hydrogens is 288 g/mol. The number of hydrogen-bond acceptors (Lipinski definition) is 4. The minimum atomic E-state index is -0.561. The van der Waals surface area contributed by atoms with Crippen molar-refractivity contribution in [3.8, 4) is 0 Å². The molecule has 3 N–H and O–H groups in total. The summed E-state index contributed by atoms with van der Waals surface area (Å²) in [6.07, 6.45) is -0.408. The number of hydrogen-bond donors (Lipinski definition) is 2. The van der Waals surface area contributed by atoms with Crippen LogP contribution in [-0.4, -0.2) is 36.3 Å². The largest absolute Gasteiger partial charge is 0.389 e. The Morgan fingerprint density at radius 2 is 1.95 bits per heavy atom. The molecule has 1 atom stereocenters. The zero-order chi connectivity index (χ0) is 15.8. The third kappa shape index (κ3) is 6.66. The van der Waals surface area contributed by atoms with E-state index >= 15 is 0 Å². The fourth-order valence-electron chi connectivity index (χ4n) is 1.58. The van der Waals surface area contributed by atoms with Gasteiger partial charge in [-0.15, -0.1) is 0 Å². The van der Waals surface area contributed by atoms with Crippen molar-refractivity contribution in [2.75, 3.05) is 18.5 Å². The molecule has 21 heavy (non-hydrogen) atoms. The van der Waals surface area contributed by atoms with Gasteiger partial charge in [-0.3, -0.25) is 4.79 Å². The van der Waals surface area contributed by atoms with E-state index in [2.05, 4.69) is 5.32 Å². The fraction of sp³-hybridized carbons (Fsp3) is 0.467. The van der Waals surface area contributed by atoms with Crippen molar-refractivity contribution in [2.45, 2.75) is 33.0 Å². The van der Waals surface area contributed by atoms with E-state index in [1.165, 1.54) is 0 Å². The Morgan fingerprint density at radius 1 is 1.29 bits per heavy atom. The van der Waals surface area contributed by atoms with E-state index in [-0.39, 0.29) is 12.0 Å². The predicted octanol–water partition coefficient (Wildman–Crippen LogP) is 2.09. The molecule has 1 amide bonds. The van der Waals surface area contributed by atoms with Crippen molar-refractivity contribution in [3.63, 3.8) is 0 Å². The van der Waals surface area contributed by atoms with E-state index in [9.17, 15) is 4.79 Å². The van der Waals surface area contributed by atoms with Gasteiger partial charge in [0.1, 0.15) is 11.1 Å². The summed E-state index contributed by atoms with van der Waals surface area (Å²) < 4.78 is 10.8. The molecule has 0 aliphatic heterocycles. The summed E-state index contributed by atoms with van der Waals surface area (Å²) in [5.41, 5.74) is 6.91. The van der Waals surface area contributed by atoms with Gasteiger partial charge in [-0.25, -0.2) is 0 Å². The monoisotopic (exact) mass is 310 g/mol. The SMILES string of the molecule is CC(C)OCCOC(C)C(=O)Nc1cccc(C(N)=S)c1. The molecule has 6 heteroatoms. The van der Waals surface area contributed by atoms with E-state index in [4.69, 9.17) is 27.4 Å². The Kier molecular flexibility index (Phi) is 7.28. The molecule has 1 rings (SSSR count). The van der Waals surface area contributed by atoms with Gasteiger partial charge in [-0.2, -0.15) is 0 Å². The molecule has 0 radical (unpaired) electrons. The Balaban J connectivity index is 2.45. The molecule has 116 valence electrons. The first-order valence-electron chi connectivity index (χ1n) is 6.84. The van der Waals surface area contributed by atoms with Gasteiger partial charge in [-0.05, 0) is 32.9 Å². The van der Waals surface area contributed by atoms with Crippen molar-refractivity contribution in [1.29, 1.82) is 0 Å². The summed E-state index contributed by atoms with van der Waals surface area (Å²) in [6, 6.07) is 7.08. The van der Waals surface area contributed by atoms with Crippen LogP contribution in [-0.2, 0) is 14.3 Å². The van der Waals surface area contributed by atoms with Crippen LogP contribution in [0.5, 0.6) is 0 Å². The van der Waals surface area contributed by atoms with Gasteiger partial charge >= 0.3 is 0 Å². The van der Waals surface area contributed by atoms with Gasteiger partial charge in [0.2, 0.25) is 0 Å². The molecule has 1 aromatic rings. The van der Waals surface area contributed by atoms with Crippen molar-refractivity contribution >= 4 is 28.8 Å². The number of amides is 1. The predicted molar refractivity (Wildman–Crippen MR) is 87.5 cm³/mol. The fourth-order valence-corrected chi connectivity index (χ4v) is 1.71. The lowest BCUT2D eigenvalue weighted by Gasteiger charge is -2.14. The molecule has 0 aromatic heterocycles. The zero-order valence-corrected chi connectivity index (χ0v) is 13.4. The van der Waals surface area contributed by atoms with Crippen LogP contribution in [0.4, 0.5) is 5.69 Å². The maximum absolute atomic E-state index is 12.0. The van der Waals surface area contributed by atoms with E-state index in [0.717, 1.165) is 0 Å². The van der Waals surface area contributed by atoms with Crippen LogP contribution in [0.25, 0.3) is 0 Å². The Morgan fingerprint density at radius 3 is 2.57 bits per heavy atom. The molecule has 0 saturated heterocycles. The van der Waals surface area contributed by atoms with Crippen LogP contribution in [0.2, 0.25) is 0 Å². The lowest BCUT2D eigenvalue weighted by Crippen LogP contribution is -2.29. The van der Waals surface area contributed by atoms with E-state index in [1.54, 1.807) is 31.2 Å². The molecule has 0 fully saturated rings. The summed E-state index contributed by atoms with van der Waals surface area (Å²) in [4.78, 5) is 12.3. The zero-order valence-electron chi connectivity index (χ0n) is 12.6. The molecule has 5 nitrogen and oxygen atoms in total. The number of carbonyl (C=O) groups excluding carboxylic acids is 1. The highest BCUT2D eigenvalue weighted by Gasteiger charge is 2.13. The molecule has 1 aromatic carbocycles. The standard InChI is InChI=1S/C15H22N2O3S/c1-10(2)19-7-8-20-11(3)15(18)17-13-6-4-5-12(9-13)14(16)21/h4-6,9-11H,7-8H2,1-3H3,(H2,16,21)(H,17,18). The van der Waals surface area contributed by atoms with Gasteiger partial charge < -0.3 is 20.5 Å². The second kappa shape index (κ2) is 8.71. The molecule has 0 heterocycles. The number of carbonyl (C=O) groups is 1. The van der Waals surface area contributed by atoms with Crippen molar-refractivity contribution in [2.24, 2.45) is 5.73 Å². The maximum Gasteiger partial charge on any atom is 0.253 e. The van der Waals surface area contributed by atoms with Crippen LogP contribution in [0.3, 0.4) is 0 Å². The van der Waals surface area contributed by atoms with Gasteiger partial charge in [0, 0.05) is 11.3 Å². The van der Waals surface area contributed by atoms with Crippen LogP contribution in [0.1, 0.15) is 26.3 Å². The topological polar surface area (TPSA) is 73.6 Å². The molecule has 0 spiro atoms. The Bertz CT molecular complexity index is 492. The minimum absolute atomic E-state index is 0.153. The number of ether oxygens (including phenoxy) is 2. The second-order valence-electron chi connectivity index (χ2n) is 4.87. The first kappa shape index (κ1) is 17.6. The normalized spacial score (nSPS) is 12.2. The second-order valence-corrected chi connectivity index (χ2v) is 5.31. The maximum atomic E-state index is 12.0. The molecule has 0 saturated carbocycles. The number of benzene rings is 1. The first-order chi connectivity index (χ1) is 9.90. The molecule has 0 aliphatic carbocycles. The average Bonchev–Trinajstić information content (AvgIpc) is 2.43. The summed E-state index contributed by atoms with van der Waals surface area (Å²) in [5.74, 6) is -0.223. The smallest absolute Gasteiger partial charge is 0.253 e. The van der Waals surface area contributed by atoms with Crippen molar-refractivity contribution in [3.05, 3.63) is 29.8 Å². The third-order valence-electron chi connectivity index (χ3n) is 2.69. The minimum Gasteiger partial charge on any atom is -0.389 e. The number of rotatable bonds is 8. The summed E-state index contributed by atoms with van der Waals surface area (Å²) in [5, 5.41) is 2.77. The van der Waals surface area contributed by atoms with Crippen LogP contribution in [0.15, 0.2) is 24.3 Å². The lowest BCUT2D eigenvalue weighted by atomic mass is 10.2. The number of nitrogens with one attached hydrogen (secondary N) is 1. The average molecular weight is 310 g/mol. The van der Waals surface area contributed by atoms with Crippen LogP contribution in [0, 0.1) is 0 Å². The number of nitrogens with two attached hydrogens (primary N) is 1. The van der Waals surface area contributed by atoms with Gasteiger partial charge in [0.05, 0.1) is 19.3 Å².